The Hall–Kier alpha value is -1.62. The first kappa shape index (κ1) is 12.8. The van der Waals surface area contributed by atoms with Crippen LogP contribution in [0.4, 0.5) is 14.9 Å². The van der Waals surface area contributed by atoms with Crippen LogP contribution in [0.2, 0.25) is 0 Å². The van der Waals surface area contributed by atoms with Crippen molar-refractivity contribution < 1.29 is 14.3 Å². The summed E-state index contributed by atoms with van der Waals surface area (Å²) in [5.41, 5.74) is 0.401. The van der Waals surface area contributed by atoms with E-state index in [2.05, 4.69) is 10.6 Å². The quantitative estimate of drug-likeness (QED) is 0.756. The maximum atomic E-state index is 12.9. The number of aliphatic hydroxyl groups is 1. The number of anilines is 1. The smallest absolute Gasteiger partial charge is 0.319 e. The molecule has 1 fully saturated rings. The summed E-state index contributed by atoms with van der Waals surface area (Å²) in [6.45, 7) is 0. The highest BCUT2D eigenvalue weighted by Crippen LogP contribution is 2.18. The van der Waals surface area contributed by atoms with Crippen molar-refractivity contribution in [3.8, 4) is 0 Å². The minimum atomic E-state index is -0.489. The fourth-order valence-electron chi connectivity index (χ4n) is 2.18. The lowest BCUT2D eigenvalue weighted by atomic mass is 9.93. The first-order chi connectivity index (χ1) is 8.65. The summed E-state index contributed by atoms with van der Waals surface area (Å²) in [5, 5.41) is 15.0. The molecule has 4 nitrogen and oxygen atoms in total. The number of rotatable bonds is 2. The van der Waals surface area contributed by atoms with Crippen LogP contribution >= 0.6 is 0 Å². The number of urea groups is 1. The van der Waals surface area contributed by atoms with Gasteiger partial charge in [0, 0.05) is 5.69 Å². The summed E-state index contributed by atoms with van der Waals surface area (Å²) < 4.78 is 12.9. The largest absolute Gasteiger partial charge is 0.391 e. The number of carbonyl (C=O) groups is 1. The van der Waals surface area contributed by atoms with Gasteiger partial charge in [-0.1, -0.05) is 18.9 Å². The molecule has 0 spiro atoms. The van der Waals surface area contributed by atoms with Gasteiger partial charge < -0.3 is 15.7 Å². The highest BCUT2D eigenvalue weighted by Gasteiger charge is 2.24. The second-order valence-corrected chi connectivity index (χ2v) is 4.57. The SMILES string of the molecule is O=C(Nc1cccc(F)c1)N[C@H]1CCCC[C@@H]1O. The predicted molar refractivity (Wildman–Crippen MR) is 66.8 cm³/mol. The Bertz CT molecular complexity index is 425. The van der Waals surface area contributed by atoms with Crippen LogP contribution in [0.25, 0.3) is 0 Å². The Labute approximate surface area is 105 Å². The monoisotopic (exact) mass is 252 g/mol. The molecule has 2 amide bonds. The van der Waals surface area contributed by atoms with Gasteiger partial charge in [0.15, 0.2) is 0 Å². The van der Waals surface area contributed by atoms with E-state index in [9.17, 15) is 14.3 Å². The average molecular weight is 252 g/mol. The zero-order valence-electron chi connectivity index (χ0n) is 10.0. The number of nitrogens with one attached hydrogen (secondary N) is 2. The van der Waals surface area contributed by atoms with Gasteiger partial charge in [-0.3, -0.25) is 0 Å². The molecule has 0 aromatic heterocycles. The molecule has 1 aromatic rings. The maximum absolute atomic E-state index is 12.9. The van der Waals surface area contributed by atoms with Crippen molar-refractivity contribution in [2.24, 2.45) is 0 Å². The Balaban J connectivity index is 1.88. The third-order valence-electron chi connectivity index (χ3n) is 3.13. The van der Waals surface area contributed by atoms with Gasteiger partial charge in [-0.05, 0) is 31.0 Å². The minimum absolute atomic E-state index is 0.215. The van der Waals surface area contributed by atoms with E-state index in [4.69, 9.17) is 0 Å². The number of hydrogen-bond donors (Lipinski definition) is 3. The Morgan fingerprint density at radius 2 is 2.11 bits per heavy atom. The first-order valence-corrected chi connectivity index (χ1v) is 6.16. The van der Waals surface area contributed by atoms with Gasteiger partial charge in [-0.15, -0.1) is 0 Å². The topological polar surface area (TPSA) is 61.4 Å². The van der Waals surface area contributed by atoms with Crippen LogP contribution in [0.5, 0.6) is 0 Å². The summed E-state index contributed by atoms with van der Waals surface area (Å²) in [7, 11) is 0. The molecule has 98 valence electrons. The van der Waals surface area contributed by atoms with Gasteiger partial charge in [0.25, 0.3) is 0 Å². The van der Waals surface area contributed by atoms with Crippen molar-refractivity contribution in [1.82, 2.24) is 5.32 Å². The van der Waals surface area contributed by atoms with Crippen LogP contribution in [0.15, 0.2) is 24.3 Å². The zero-order valence-corrected chi connectivity index (χ0v) is 10.0. The van der Waals surface area contributed by atoms with E-state index in [0.29, 0.717) is 12.1 Å². The molecule has 0 radical (unpaired) electrons. The molecule has 0 saturated heterocycles. The number of aliphatic hydroxyl groups excluding tert-OH is 1. The van der Waals surface area contributed by atoms with Crippen LogP contribution in [0.1, 0.15) is 25.7 Å². The van der Waals surface area contributed by atoms with E-state index in [1.807, 2.05) is 0 Å². The van der Waals surface area contributed by atoms with Gasteiger partial charge in [0.2, 0.25) is 0 Å². The number of halogens is 1. The molecule has 0 bridgehead atoms. The molecule has 1 aliphatic rings. The van der Waals surface area contributed by atoms with Gasteiger partial charge in [-0.2, -0.15) is 0 Å². The molecule has 3 N–H and O–H groups in total. The fourth-order valence-corrected chi connectivity index (χ4v) is 2.18. The lowest BCUT2D eigenvalue weighted by molar-refractivity contribution is 0.0955. The molecule has 1 aromatic carbocycles. The van der Waals surface area contributed by atoms with Gasteiger partial charge in [-0.25, -0.2) is 9.18 Å². The normalized spacial score (nSPS) is 23.4. The van der Waals surface area contributed by atoms with Crippen LogP contribution in [0, 0.1) is 5.82 Å². The summed E-state index contributed by atoms with van der Waals surface area (Å²) in [6, 6.07) is 5.07. The second kappa shape index (κ2) is 5.82. The molecule has 2 atom stereocenters. The lowest BCUT2D eigenvalue weighted by Gasteiger charge is -2.28. The van der Waals surface area contributed by atoms with Crippen LogP contribution in [-0.2, 0) is 0 Å². The van der Waals surface area contributed by atoms with Gasteiger partial charge >= 0.3 is 6.03 Å². The highest BCUT2D eigenvalue weighted by atomic mass is 19.1. The van der Waals surface area contributed by atoms with Crippen molar-refractivity contribution in [2.45, 2.75) is 37.8 Å². The van der Waals surface area contributed by atoms with Crippen LogP contribution in [0.3, 0.4) is 0 Å². The molecule has 0 aliphatic heterocycles. The molecule has 5 heteroatoms. The number of amides is 2. The van der Waals surface area contributed by atoms with Crippen LogP contribution < -0.4 is 10.6 Å². The second-order valence-electron chi connectivity index (χ2n) is 4.57. The van der Waals surface area contributed by atoms with E-state index in [1.165, 1.54) is 18.2 Å². The average Bonchev–Trinajstić information content (AvgIpc) is 2.32. The van der Waals surface area contributed by atoms with Gasteiger partial charge in [0.05, 0.1) is 12.1 Å². The number of benzene rings is 1. The third kappa shape index (κ3) is 3.43. The molecule has 1 aliphatic carbocycles. The van der Waals surface area contributed by atoms with E-state index in [1.54, 1.807) is 6.07 Å². The zero-order chi connectivity index (χ0) is 13.0. The molecular weight excluding hydrogens is 235 g/mol. The molecule has 2 rings (SSSR count). The standard InChI is InChI=1S/C13H17FN2O2/c14-9-4-3-5-10(8-9)15-13(18)16-11-6-1-2-7-12(11)17/h3-5,8,11-12,17H,1-2,6-7H2,(H2,15,16,18)/t11-,12-/m0/s1. The van der Waals surface area contributed by atoms with Crippen molar-refractivity contribution in [1.29, 1.82) is 0 Å². The Morgan fingerprint density at radius 3 is 2.83 bits per heavy atom. The number of carbonyl (C=O) groups excluding carboxylic acids is 1. The molecular formula is C13H17FN2O2. The fraction of sp³-hybridized carbons (Fsp3) is 0.462. The molecule has 1 saturated carbocycles. The van der Waals surface area contributed by atoms with Crippen molar-refractivity contribution in [3.63, 3.8) is 0 Å². The van der Waals surface area contributed by atoms with Gasteiger partial charge in [0.1, 0.15) is 5.82 Å². The van der Waals surface area contributed by atoms with E-state index < -0.39 is 18.0 Å². The predicted octanol–water partition coefficient (Wildman–Crippen LogP) is 2.25. The van der Waals surface area contributed by atoms with Crippen molar-refractivity contribution in [2.75, 3.05) is 5.32 Å². The Kier molecular flexibility index (Phi) is 4.15. The van der Waals surface area contributed by atoms with Crippen molar-refractivity contribution >= 4 is 11.7 Å². The molecule has 0 heterocycles. The summed E-state index contributed by atoms with van der Waals surface area (Å²) >= 11 is 0. The van der Waals surface area contributed by atoms with E-state index >= 15 is 0 Å². The summed E-state index contributed by atoms with van der Waals surface area (Å²) in [5.74, 6) is -0.398. The maximum Gasteiger partial charge on any atom is 0.319 e. The number of hydrogen-bond acceptors (Lipinski definition) is 2. The first-order valence-electron chi connectivity index (χ1n) is 6.16. The van der Waals surface area contributed by atoms with Crippen LogP contribution in [-0.4, -0.2) is 23.3 Å². The molecule has 18 heavy (non-hydrogen) atoms. The molecule has 0 unspecified atom stereocenters. The summed E-state index contributed by atoms with van der Waals surface area (Å²) in [6.07, 6.45) is 2.99. The minimum Gasteiger partial charge on any atom is -0.391 e. The lowest BCUT2D eigenvalue weighted by Crippen LogP contribution is -2.46. The Morgan fingerprint density at radius 1 is 1.33 bits per heavy atom. The third-order valence-corrected chi connectivity index (χ3v) is 3.13. The summed E-state index contributed by atoms with van der Waals surface area (Å²) in [4.78, 5) is 11.7. The van der Waals surface area contributed by atoms with E-state index in [-0.39, 0.29) is 6.04 Å². The van der Waals surface area contributed by atoms with Crippen molar-refractivity contribution in [3.05, 3.63) is 30.1 Å². The highest BCUT2D eigenvalue weighted by molar-refractivity contribution is 5.89. The van der Waals surface area contributed by atoms with E-state index in [0.717, 1.165) is 19.3 Å².